The van der Waals surface area contributed by atoms with Gasteiger partial charge in [0.2, 0.25) is 0 Å². The van der Waals surface area contributed by atoms with E-state index < -0.39 is 11.8 Å². The van der Waals surface area contributed by atoms with Crippen LogP contribution in [0.2, 0.25) is 0 Å². The molecule has 1 heterocycles. The SMILES string of the molecule is CC/C=C\C#CC(=O)c1ccc(/C=C\C(=O)O)o1. The first-order valence-corrected chi connectivity index (χ1v) is 5.35. The molecule has 0 spiro atoms. The van der Waals surface area contributed by atoms with Gasteiger partial charge in [-0.15, -0.1) is 0 Å². The van der Waals surface area contributed by atoms with Gasteiger partial charge in [0.05, 0.1) is 0 Å². The minimum atomic E-state index is -1.08. The topological polar surface area (TPSA) is 67.5 Å². The number of carboxylic acid groups (broad SMARTS) is 1. The monoisotopic (exact) mass is 244 g/mol. The second-order valence-electron chi connectivity index (χ2n) is 3.28. The zero-order valence-electron chi connectivity index (χ0n) is 9.84. The lowest BCUT2D eigenvalue weighted by Gasteiger charge is -1.85. The summed E-state index contributed by atoms with van der Waals surface area (Å²) in [4.78, 5) is 21.8. The van der Waals surface area contributed by atoms with Crippen LogP contribution in [0.3, 0.4) is 0 Å². The van der Waals surface area contributed by atoms with Crippen molar-refractivity contribution in [3.05, 3.63) is 41.9 Å². The number of furan rings is 1. The molecule has 0 amide bonds. The third-order valence-electron chi connectivity index (χ3n) is 1.86. The second kappa shape index (κ2) is 6.92. The van der Waals surface area contributed by atoms with Crippen molar-refractivity contribution in [2.45, 2.75) is 13.3 Å². The summed E-state index contributed by atoms with van der Waals surface area (Å²) in [6.07, 6.45) is 6.50. The summed E-state index contributed by atoms with van der Waals surface area (Å²) in [5.41, 5.74) is 0. The van der Waals surface area contributed by atoms with Crippen LogP contribution in [0.25, 0.3) is 6.08 Å². The average molecular weight is 244 g/mol. The van der Waals surface area contributed by atoms with Crippen LogP contribution >= 0.6 is 0 Å². The summed E-state index contributed by atoms with van der Waals surface area (Å²) in [6.45, 7) is 1.97. The van der Waals surface area contributed by atoms with E-state index in [2.05, 4.69) is 11.8 Å². The van der Waals surface area contributed by atoms with Gasteiger partial charge < -0.3 is 9.52 Å². The Morgan fingerprint density at radius 2 is 2.22 bits per heavy atom. The van der Waals surface area contributed by atoms with Crippen molar-refractivity contribution in [3.8, 4) is 11.8 Å². The summed E-state index contributed by atoms with van der Waals surface area (Å²) in [5, 5.41) is 8.43. The molecule has 18 heavy (non-hydrogen) atoms. The Bertz CT molecular complexity index is 550. The fourth-order valence-electron chi connectivity index (χ4n) is 1.06. The van der Waals surface area contributed by atoms with Crippen LogP contribution in [0, 0.1) is 11.8 Å². The number of carbonyl (C=O) groups is 2. The number of aliphatic carboxylic acids is 1. The zero-order chi connectivity index (χ0) is 13.4. The molecule has 1 aromatic rings. The average Bonchev–Trinajstić information content (AvgIpc) is 2.80. The largest absolute Gasteiger partial charge is 0.478 e. The van der Waals surface area contributed by atoms with Gasteiger partial charge in [0.1, 0.15) is 5.76 Å². The van der Waals surface area contributed by atoms with Crippen LogP contribution < -0.4 is 0 Å². The van der Waals surface area contributed by atoms with Crippen molar-refractivity contribution in [2.24, 2.45) is 0 Å². The van der Waals surface area contributed by atoms with Gasteiger partial charge in [-0.05, 0) is 36.6 Å². The number of Topliss-reactive ketones (excluding diaryl/α,β-unsaturated/α-hetero) is 1. The molecule has 4 nitrogen and oxygen atoms in total. The Balaban J connectivity index is 2.73. The van der Waals surface area contributed by atoms with Crippen LogP contribution in [0.15, 0.2) is 34.8 Å². The molecule has 0 atom stereocenters. The molecular weight excluding hydrogens is 232 g/mol. The van der Waals surface area contributed by atoms with Crippen LogP contribution in [-0.4, -0.2) is 16.9 Å². The first-order chi connectivity index (χ1) is 8.63. The highest BCUT2D eigenvalue weighted by molar-refractivity contribution is 6.07. The third-order valence-corrected chi connectivity index (χ3v) is 1.86. The van der Waals surface area contributed by atoms with Crippen LogP contribution in [-0.2, 0) is 4.79 Å². The highest BCUT2D eigenvalue weighted by Gasteiger charge is 2.06. The molecule has 0 aromatic carbocycles. The maximum atomic E-state index is 11.5. The fourth-order valence-corrected chi connectivity index (χ4v) is 1.06. The smallest absolute Gasteiger partial charge is 0.328 e. The van der Waals surface area contributed by atoms with Crippen LogP contribution in [0.4, 0.5) is 0 Å². The van der Waals surface area contributed by atoms with Gasteiger partial charge in [0, 0.05) is 6.08 Å². The Kier molecular flexibility index (Phi) is 5.20. The van der Waals surface area contributed by atoms with E-state index in [0.29, 0.717) is 5.76 Å². The van der Waals surface area contributed by atoms with Crippen molar-refractivity contribution < 1.29 is 19.1 Å². The predicted molar refractivity (Wildman–Crippen MR) is 66.9 cm³/mol. The number of carbonyl (C=O) groups excluding carboxylic acids is 1. The molecule has 1 aromatic heterocycles. The maximum absolute atomic E-state index is 11.5. The van der Waals surface area contributed by atoms with E-state index in [1.54, 1.807) is 6.08 Å². The van der Waals surface area contributed by atoms with Gasteiger partial charge in [-0.1, -0.05) is 18.9 Å². The molecule has 92 valence electrons. The molecule has 0 aliphatic carbocycles. The van der Waals surface area contributed by atoms with Crippen LogP contribution in [0.5, 0.6) is 0 Å². The van der Waals surface area contributed by atoms with Gasteiger partial charge >= 0.3 is 5.97 Å². The van der Waals surface area contributed by atoms with Crippen molar-refractivity contribution in [1.29, 1.82) is 0 Å². The maximum Gasteiger partial charge on any atom is 0.328 e. The zero-order valence-corrected chi connectivity index (χ0v) is 9.84. The fraction of sp³-hybridized carbons (Fsp3) is 0.143. The molecule has 0 radical (unpaired) electrons. The van der Waals surface area contributed by atoms with E-state index in [-0.39, 0.29) is 5.76 Å². The molecular formula is C14H12O4. The number of allylic oxidation sites excluding steroid dienone is 2. The first kappa shape index (κ1) is 13.5. The minimum Gasteiger partial charge on any atom is -0.478 e. The van der Waals surface area contributed by atoms with E-state index in [4.69, 9.17) is 9.52 Å². The molecule has 0 aliphatic heterocycles. The quantitative estimate of drug-likeness (QED) is 0.382. The first-order valence-electron chi connectivity index (χ1n) is 5.35. The number of hydrogen-bond donors (Lipinski definition) is 1. The Hall–Kier alpha value is -2.54. The van der Waals surface area contributed by atoms with E-state index in [9.17, 15) is 9.59 Å². The van der Waals surface area contributed by atoms with E-state index in [1.165, 1.54) is 18.2 Å². The molecule has 0 bridgehead atoms. The van der Waals surface area contributed by atoms with Gasteiger partial charge in [-0.25, -0.2) is 4.79 Å². The van der Waals surface area contributed by atoms with Gasteiger partial charge in [-0.2, -0.15) is 0 Å². The predicted octanol–water partition coefficient (Wildman–Crippen LogP) is 2.53. The summed E-state index contributed by atoms with van der Waals surface area (Å²) in [7, 11) is 0. The second-order valence-corrected chi connectivity index (χ2v) is 3.28. The molecule has 0 saturated carbocycles. The van der Waals surface area contributed by atoms with E-state index >= 15 is 0 Å². The van der Waals surface area contributed by atoms with E-state index in [0.717, 1.165) is 12.5 Å². The van der Waals surface area contributed by atoms with E-state index in [1.807, 2.05) is 13.0 Å². The Morgan fingerprint density at radius 3 is 2.89 bits per heavy atom. The van der Waals surface area contributed by atoms with Crippen molar-refractivity contribution in [1.82, 2.24) is 0 Å². The number of rotatable bonds is 4. The number of ketones is 1. The molecule has 4 heteroatoms. The van der Waals surface area contributed by atoms with Gasteiger partial charge in [-0.3, -0.25) is 4.79 Å². The summed E-state index contributed by atoms with van der Waals surface area (Å²) in [6, 6.07) is 2.97. The van der Waals surface area contributed by atoms with Gasteiger partial charge in [0.25, 0.3) is 5.78 Å². The van der Waals surface area contributed by atoms with Crippen molar-refractivity contribution in [2.75, 3.05) is 0 Å². The summed E-state index contributed by atoms with van der Waals surface area (Å²) in [5.74, 6) is 3.87. The molecule has 0 fully saturated rings. The minimum absolute atomic E-state index is 0.0948. The van der Waals surface area contributed by atoms with Gasteiger partial charge in [0.15, 0.2) is 5.76 Å². The standard InChI is InChI=1S/C14H12O4/c1-2-3-4-5-6-12(15)13-9-7-11(18-13)8-10-14(16)17/h3-4,7-10H,2H2,1H3,(H,16,17)/b4-3-,10-8-. The van der Waals surface area contributed by atoms with Crippen LogP contribution in [0.1, 0.15) is 29.7 Å². The lowest BCUT2D eigenvalue weighted by atomic mass is 10.3. The Labute approximate surface area is 105 Å². The molecule has 0 unspecified atom stereocenters. The lowest BCUT2D eigenvalue weighted by Crippen LogP contribution is -1.90. The highest BCUT2D eigenvalue weighted by Crippen LogP contribution is 2.09. The molecule has 1 rings (SSSR count). The summed E-state index contributed by atoms with van der Waals surface area (Å²) < 4.78 is 5.13. The van der Waals surface area contributed by atoms with Crippen molar-refractivity contribution >= 4 is 17.8 Å². The van der Waals surface area contributed by atoms with Crippen molar-refractivity contribution in [3.63, 3.8) is 0 Å². The number of carboxylic acids is 1. The lowest BCUT2D eigenvalue weighted by molar-refractivity contribution is -0.131. The Morgan fingerprint density at radius 1 is 1.44 bits per heavy atom. The molecule has 0 aliphatic rings. The molecule has 1 N–H and O–H groups in total. The number of hydrogen-bond acceptors (Lipinski definition) is 3. The summed E-state index contributed by atoms with van der Waals surface area (Å²) >= 11 is 0. The molecule has 0 saturated heterocycles. The highest BCUT2D eigenvalue weighted by atomic mass is 16.4. The normalized spacial score (nSPS) is 10.5. The third kappa shape index (κ3) is 4.54.